The van der Waals surface area contributed by atoms with E-state index in [1.54, 1.807) is 30.3 Å². The molecule has 2 aromatic rings. The topological polar surface area (TPSA) is 32.3 Å². The Hall–Kier alpha value is -1.07. The lowest BCUT2D eigenvalue weighted by molar-refractivity contribution is 0.469. The number of phenolic OH excluding ortho intramolecular Hbond substituents is 1. The molecule has 0 saturated carbocycles. The second-order valence-electron chi connectivity index (χ2n) is 3.72. The first-order valence-corrected chi connectivity index (χ1v) is 6.82. The van der Waals surface area contributed by atoms with Crippen molar-refractivity contribution in [1.82, 2.24) is 0 Å². The van der Waals surface area contributed by atoms with Gasteiger partial charge < -0.3 is 10.4 Å². The maximum absolute atomic E-state index is 13.6. The van der Waals surface area contributed by atoms with Gasteiger partial charge in [-0.3, -0.25) is 0 Å². The van der Waals surface area contributed by atoms with E-state index in [0.717, 1.165) is 4.47 Å². The van der Waals surface area contributed by atoms with Crippen molar-refractivity contribution >= 4 is 37.5 Å². The van der Waals surface area contributed by atoms with Crippen molar-refractivity contribution in [2.75, 3.05) is 5.32 Å². The Bertz CT molecular complexity index is 555. The third-order valence-corrected chi connectivity index (χ3v) is 3.61. The van der Waals surface area contributed by atoms with E-state index in [2.05, 4.69) is 37.2 Å². The highest BCUT2D eigenvalue weighted by molar-refractivity contribution is 9.10. The van der Waals surface area contributed by atoms with Gasteiger partial charge in [0.25, 0.3) is 0 Å². The van der Waals surface area contributed by atoms with Gasteiger partial charge in [-0.05, 0) is 46.3 Å². The van der Waals surface area contributed by atoms with Gasteiger partial charge in [0.15, 0.2) is 0 Å². The molecule has 0 aromatic heterocycles. The number of anilines is 1. The lowest BCUT2D eigenvalue weighted by Crippen LogP contribution is -2.02. The van der Waals surface area contributed by atoms with Crippen LogP contribution in [-0.2, 0) is 6.54 Å². The van der Waals surface area contributed by atoms with E-state index in [-0.39, 0.29) is 11.6 Å². The van der Waals surface area contributed by atoms with E-state index in [1.165, 1.54) is 6.07 Å². The van der Waals surface area contributed by atoms with Crippen molar-refractivity contribution in [3.05, 3.63) is 56.7 Å². The van der Waals surface area contributed by atoms with E-state index in [9.17, 15) is 9.50 Å². The summed E-state index contributed by atoms with van der Waals surface area (Å²) < 4.78 is 15.1. The molecule has 0 aliphatic rings. The SMILES string of the molecule is Oc1ccc(Br)cc1CNc1c(F)cccc1Br. The standard InChI is InChI=1S/C13H10Br2FNO/c14-9-4-5-12(18)8(6-9)7-17-13-10(15)2-1-3-11(13)16/h1-6,17-18H,7H2. The van der Waals surface area contributed by atoms with Crippen molar-refractivity contribution in [3.63, 3.8) is 0 Å². The number of aromatic hydroxyl groups is 1. The van der Waals surface area contributed by atoms with Gasteiger partial charge in [-0.15, -0.1) is 0 Å². The zero-order valence-corrected chi connectivity index (χ0v) is 12.4. The fourth-order valence-electron chi connectivity index (χ4n) is 1.55. The summed E-state index contributed by atoms with van der Waals surface area (Å²) in [5, 5.41) is 12.6. The molecule has 0 amide bonds. The second kappa shape index (κ2) is 5.71. The number of hydrogen-bond acceptors (Lipinski definition) is 2. The van der Waals surface area contributed by atoms with Crippen LogP contribution in [0.2, 0.25) is 0 Å². The molecule has 5 heteroatoms. The monoisotopic (exact) mass is 373 g/mol. The van der Waals surface area contributed by atoms with Crippen molar-refractivity contribution in [2.45, 2.75) is 6.54 Å². The van der Waals surface area contributed by atoms with Gasteiger partial charge in [-0.2, -0.15) is 0 Å². The molecule has 0 aliphatic heterocycles. The average Bonchev–Trinajstić information content (AvgIpc) is 2.33. The van der Waals surface area contributed by atoms with Crippen molar-refractivity contribution in [3.8, 4) is 5.75 Å². The van der Waals surface area contributed by atoms with Crippen LogP contribution in [0.5, 0.6) is 5.75 Å². The Labute approximate surface area is 121 Å². The summed E-state index contributed by atoms with van der Waals surface area (Å²) in [5.41, 5.74) is 1.08. The van der Waals surface area contributed by atoms with Crippen LogP contribution < -0.4 is 5.32 Å². The van der Waals surface area contributed by atoms with Gasteiger partial charge in [0.2, 0.25) is 0 Å². The number of para-hydroxylation sites is 1. The van der Waals surface area contributed by atoms with Gasteiger partial charge in [0.1, 0.15) is 11.6 Å². The molecular weight excluding hydrogens is 365 g/mol. The van der Waals surface area contributed by atoms with E-state index in [0.29, 0.717) is 22.3 Å². The third-order valence-electron chi connectivity index (χ3n) is 2.46. The lowest BCUT2D eigenvalue weighted by atomic mass is 10.2. The normalized spacial score (nSPS) is 10.4. The molecule has 0 aliphatic carbocycles. The van der Waals surface area contributed by atoms with Gasteiger partial charge >= 0.3 is 0 Å². The van der Waals surface area contributed by atoms with Crippen LogP contribution in [0.25, 0.3) is 0 Å². The predicted molar refractivity (Wildman–Crippen MR) is 77.2 cm³/mol. The molecule has 0 heterocycles. The Morgan fingerprint density at radius 3 is 2.67 bits per heavy atom. The molecule has 2 nitrogen and oxygen atoms in total. The molecule has 2 aromatic carbocycles. The van der Waals surface area contributed by atoms with E-state index < -0.39 is 0 Å². The van der Waals surface area contributed by atoms with Crippen LogP contribution in [0.1, 0.15) is 5.56 Å². The molecular formula is C13H10Br2FNO. The molecule has 18 heavy (non-hydrogen) atoms. The molecule has 0 atom stereocenters. The molecule has 94 valence electrons. The minimum atomic E-state index is -0.334. The van der Waals surface area contributed by atoms with Crippen LogP contribution in [-0.4, -0.2) is 5.11 Å². The first-order chi connectivity index (χ1) is 8.58. The Kier molecular flexibility index (Phi) is 4.24. The quantitative estimate of drug-likeness (QED) is 0.818. The van der Waals surface area contributed by atoms with E-state index >= 15 is 0 Å². The molecule has 0 bridgehead atoms. The number of nitrogens with one attached hydrogen (secondary N) is 1. The largest absolute Gasteiger partial charge is 0.508 e. The van der Waals surface area contributed by atoms with E-state index in [4.69, 9.17) is 0 Å². The van der Waals surface area contributed by atoms with Crippen LogP contribution in [0.15, 0.2) is 45.3 Å². The third kappa shape index (κ3) is 3.03. The minimum absolute atomic E-state index is 0.179. The summed E-state index contributed by atoms with van der Waals surface area (Å²) in [6, 6.07) is 9.90. The number of rotatable bonds is 3. The summed E-state index contributed by atoms with van der Waals surface area (Å²) in [5.74, 6) is -0.156. The van der Waals surface area contributed by atoms with Crippen LogP contribution in [0.3, 0.4) is 0 Å². The summed E-state index contributed by atoms with van der Waals surface area (Å²) in [6.07, 6.45) is 0. The number of halogens is 3. The summed E-state index contributed by atoms with van der Waals surface area (Å²) in [4.78, 5) is 0. The molecule has 0 radical (unpaired) electrons. The zero-order chi connectivity index (χ0) is 13.1. The Morgan fingerprint density at radius 1 is 1.17 bits per heavy atom. The summed E-state index contributed by atoms with van der Waals surface area (Å²) in [6.45, 7) is 0.338. The highest BCUT2D eigenvalue weighted by Crippen LogP contribution is 2.27. The van der Waals surface area contributed by atoms with Gasteiger partial charge in [-0.25, -0.2) is 4.39 Å². The summed E-state index contributed by atoms with van der Waals surface area (Å²) in [7, 11) is 0. The molecule has 0 saturated heterocycles. The second-order valence-corrected chi connectivity index (χ2v) is 5.49. The Balaban J connectivity index is 2.19. The maximum atomic E-state index is 13.6. The lowest BCUT2D eigenvalue weighted by Gasteiger charge is -2.11. The smallest absolute Gasteiger partial charge is 0.147 e. The zero-order valence-electron chi connectivity index (χ0n) is 9.25. The first-order valence-electron chi connectivity index (χ1n) is 5.23. The minimum Gasteiger partial charge on any atom is -0.508 e. The molecule has 0 spiro atoms. The van der Waals surface area contributed by atoms with Crippen molar-refractivity contribution in [1.29, 1.82) is 0 Å². The van der Waals surface area contributed by atoms with Crippen LogP contribution in [0.4, 0.5) is 10.1 Å². The fourth-order valence-corrected chi connectivity index (χ4v) is 2.44. The average molecular weight is 375 g/mol. The molecule has 2 N–H and O–H groups in total. The predicted octanol–water partition coefficient (Wildman–Crippen LogP) is 4.67. The Morgan fingerprint density at radius 2 is 1.94 bits per heavy atom. The summed E-state index contributed by atoms with van der Waals surface area (Å²) >= 11 is 6.61. The van der Waals surface area contributed by atoms with E-state index in [1.807, 2.05) is 0 Å². The van der Waals surface area contributed by atoms with Crippen molar-refractivity contribution in [2.24, 2.45) is 0 Å². The number of phenols is 1. The highest BCUT2D eigenvalue weighted by Gasteiger charge is 2.07. The molecule has 0 unspecified atom stereocenters. The van der Waals surface area contributed by atoms with Crippen LogP contribution >= 0.6 is 31.9 Å². The molecule has 0 fully saturated rings. The van der Waals surface area contributed by atoms with Gasteiger partial charge in [0.05, 0.1) is 5.69 Å². The van der Waals surface area contributed by atoms with Crippen molar-refractivity contribution < 1.29 is 9.50 Å². The van der Waals surface area contributed by atoms with Gasteiger partial charge in [0, 0.05) is 21.1 Å². The fraction of sp³-hybridized carbons (Fsp3) is 0.0769. The number of benzene rings is 2. The van der Waals surface area contributed by atoms with Gasteiger partial charge in [-0.1, -0.05) is 22.0 Å². The van der Waals surface area contributed by atoms with Crippen LogP contribution in [0, 0.1) is 5.82 Å². The molecule has 2 rings (SSSR count). The highest BCUT2D eigenvalue weighted by atomic mass is 79.9. The number of hydrogen-bond donors (Lipinski definition) is 2. The first kappa shape index (κ1) is 13.4. The maximum Gasteiger partial charge on any atom is 0.147 e.